The van der Waals surface area contributed by atoms with Gasteiger partial charge in [-0.1, -0.05) is 12.1 Å². The van der Waals surface area contributed by atoms with Crippen LogP contribution in [0, 0.1) is 0 Å². The summed E-state index contributed by atoms with van der Waals surface area (Å²) in [5.74, 6) is 0.943. The predicted octanol–water partition coefficient (Wildman–Crippen LogP) is 1.58. The van der Waals surface area contributed by atoms with Gasteiger partial charge in [0.1, 0.15) is 5.75 Å². The van der Waals surface area contributed by atoms with Crippen LogP contribution in [0.4, 0.5) is 0 Å². The van der Waals surface area contributed by atoms with E-state index in [1.54, 1.807) is 7.11 Å². The SMILES string of the molecule is COc1cccc(CCNCCNC2CC2)c1. The van der Waals surface area contributed by atoms with Gasteiger partial charge in [-0.15, -0.1) is 0 Å². The van der Waals surface area contributed by atoms with Crippen molar-refractivity contribution >= 4 is 0 Å². The first-order chi connectivity index (χ1) is 8.38. The van der Waals surface area contributed by atoms with Crippen molar-refractivity contribution in [3.05, 3.63) is 29.8 Å². The van der Waals surface area contributed by atoms with Crippen molar-refractivity contribution in [1.29, 1.82) is 0 Å². The molecule has 0 aromatic heterocycles. The number of hydrogen-bond donors (Lipinski definition) is 2. The van der Waals surface area contributed by atoms with Gasteiger partial charge in [0.2, 0.25) is 0 Å². The molecule has 0 amide bonds. The topological polar surface area (TPSA) is 33.3 Å². The Kier molecular flexibility index (Phi) is 4.83. The van der Waals surface area contributed by atoms with E-state index in [0.717, 1.165) is 37.8 Å². The summed E-state index contributed by atoms with van der Waals surface area (Å²) in [6.07, 6.45) is 3.79. The van der Waals surface area contributed by atoms with Gasteiger partial charge >= 0.3 is 0 Å². The number of rotatable bonds is 8. The molecule has 0 spiro atoms. The average Bonchev–Trinajstić information content (AvgIpc) is 3.18. The standard InChI is InChI=1S/C14H22N2O/c1-17-14-4-2-3-12(11-14)7-8-15-9-10-16-13-5-6-13/h2-4,11,13,15-16H,5-10H2,1H3. The quantitative estimate of drug-likeness (QED) is 0.670. The van der Waals surface area contributed by atoms with Crippen molar-refractivity contribution in [3.63, 3.8) is 0 Å². The molecule has 94 valence electrons. The van der Waals surface area contributed by atoms with Gasteiger partial charge in [-0.25, -0.2) is 0 Å². The van der Waals surface area contributed by atoms with E-state index in [0.29, 0.717) is 0 Å². The maximum absolute atomic E-state index is 5.20. The highest BCUT2D eigenvalue weighted by Gasteiger charge is 2.19. The summed E-state index contributed by atoms with van der Waals surface area (Å²) in [4.78, 5) is 0. The summed E-state index contributed by atoms with van der Waals surface area (Å²) in [5, 5.41) is 6.94. The van der Waals surface area contributed by atoms with E-state index in [-0.39, 0.29) is 0 Å². The molecule has 1 aliphatic rings. The van der Waals surface area contributed by atoms with Crippen LogP contribution in [0.25, 0.3) is 0 Å². The van der Waals surface area contributed by atoms with Crippen LogP contribution in [0.3, 0.4) is 0 Å². The van der Waals surface area contributed by atoms with Crippen LogP contribution in [0.2, 0.25) is 0 Å². The summed E-state index contributed by atoms with van der Waals surface area (Å²) in [6.45, 7) is 3.17. The average molecular weight is 234 g/mol. The lowest BCUT2D eigenvalue weighted by Crippen LogP contribution is -2.29. The molecule has 0 aliphatic heterocycles. The van der Waals surface area contributed by atoms with Crippen LogP contribution in [0.5, 0.6) is 5.75 Å². The van der Waals surface area contributed by atoms with Crippen LogP contribution in [-0.4, -0.2) is 32.8 Å². The third-order valence-electron chi connectivity index (χ3n) is 3.04. The molecule has 3 heteroatoms. The Morgan fingerprint density at radius 2 is 2.12 bits per heavy atom. The van der Waals surface area contributed by atoms with E-state index in [4.69, 9.17) is 4.74 Å². The van der Waals surface area contributed by atoms with E-state index in [1.807, 2.05) is 12.1 Å². The molecule has 0 heterocycles. The molecular weight excluding hydrogens is 212 g/mol. The highest BCUT2D eigenvalue weighted by molar-refractivity contribution is 5.28. The fourth-order valence-electron chi connectivity index (χ4n) is 1.84. The Hall–Kier alpha value is -1.06. The molecule has 1 saturated carbocycles. The lowest BCUT2D eigenvalue weighted by Gasteiger charge is -2.07. The molecule has 1 fully saturated rings. The van der Waals surface area contributed by atoms with Gasteiger partial charge in [-0.2, -0.15) is 0 Å². The second-order valence-corrected chi connectivity index (χ2v) is 4.58. The summed E-state index contributed by atoms with van der Waals surface area (Å²) in [5.41, 5.74) is 1.33. The first kappa shape index (κ1) is 12.4. The zero-order chi connectivity index (χ0) is 11.9. The maximum Gasteiger partial charge on any atom is 0.119 e. The molecule has 0 atom stereocenters. The summed E-state index contributed by atoms with van der Waals surface area (Å²) < 4.78 is 5.20. The first-order valence-electron chi connectivity index (χ1n) is 6.45. The largest absolute Gasteiger partial charge is 0.497 e. The van der Waals surface area contributed by atoms with Crippen molar-refractivity contribution in [2.45, 2.75) is 25.3 Å². The van der Waals surface area contributed by atoms with E-state index in [9.17, 15) is 0 Å². The van der Waals surface area contributed by atoms with Gasteiger partial charge < -0.3 is 15.4 Å². The Morgan fingerprint density at radius 1 is 1.24 bits per heavy atom. The number of nitrogens with one attached hydrogen (secondary N) is 2. The maximum atomic E-state index is 5.20. The summed E-state index contributed by atoms with van der Waals surface area (Å²) in [6, 6.07) is 9.09. The molecule has 0 unspecified atom stereocenters. The van der Waals surface area contributed by atoms with Gasteiger partial charge in [-0.05, 0) is 43.5 Å². The lowest BCUT2D eigenvalue weighted by atomic mass is 10.1. The van der Waals surface area contributed by atoms with Crippen molar-refractivity contribution < 1.29 is 4.74 Å². The second-order valence-electron chi connectivity index (χ2n) is 4.58. The first-order valence-corrected chi connectivity index (χ1v) is 6.45. The van der Waals surface area contributed by atoms with Crippen LogP contribution >= 0.6 is 0 Å². The fourth-order valence-corrected chi connectivity index (χ4v) is 1.84. The van der Waals surface area contributed by atoms with Gasteiger partial charge in [0.25, 0.3) is 0 Å². The van der Waals surface area contributed by atoms with E-state index in [2.05, 4.69) is 22.8 Å². The monoisotopic (exact) mass is 234 g/mol. The fraction of sp³-hybridized carbons (Fsp3) is 0.571. The minimum atomic E-state index is 0.815. The molecule has 2 N–H and O–H groups in total. The van der Waals surface area contributed by atoms with Gasteiger partial charge in [-0.3, -0.25) is 0 Å². The van der Waals surface area contributed by atoms with E-state index >= 15 is 0 Å². The molecule has 17 heavy (non-hydrogen) atoms. The molecule has 3 nitrogen and oxygen atoms in total. The van der Waals surface area contributed by atoms with Gasteiger partial charge in [0.05, 0.1) is 7.11 Å². The van der Waals surface area contributed by atoms with Crippen LogP contribution in [0.1, 0.15) is 18.4 Å². The molecule has 1 aliphatic carbocycles. The summed E-state index contributed by atoms with van der Waals surface area (Å²) >= 11 is 0. The molecule has 2 rings (SSSR count). The minimum Gasteiger partial charge on any atom is -0.497 e. The highest BCUT2D eigenvalue weighted by Crippen LogP contribution is 2.17. The second kappa shape index (κ2) is 6.62. The van der Waals surface area contributed by atoms with Crippen molar-refractivity contribution in [3.8, 4) is 5.75 Å². The third-order valence-corrected chi connectivity index (χ3v) is 3.04. The summed E-state index contributed by atoms with van der Waals surface area (Å²) in [7, 11) is 1.71. The lowest BCUT2D eigenvalue weighted by molar-refractivity contribution is 0.414. The predicted molar refractivity (Wildman–Crippen MR) is 70.6 cm³/mol. The van der Waals surface area contributed by atoms with Gasteiger partial charge in [0.15, 0.2) is 0 Å². The number of methoxy groups -OCH3 is 1. The molecule has 0 radical (unpaired) electrons. The molecule has 0 bridgehead atoms. The number of hydrogen-bond acceptors (Lipinski definition) is 3. The molecular formula is C14H22N2O. The van der Waals surface area contributed by atoms with Crippen molar-refractivity contribution in [2.75, 3.05) is 26.7 Å². The highest BCUT2D eigenvalue weighted by atomic mass is 16.5. The number of ether oxygens (including phenoxy) is 1. The smallest absolute Gasteiger partial charge is 0.119 e. The minimum absolute atomic E-state index is 0.815. The van der Waals surface area contributed by atoms with E-state index < -0.39 is 0 Å². The normalized spacial score (nSPS) is 14.9. The van der Waals surface area contributed by atoms with Crippen molar-refractivity contribution in [1.82, 2.24) is 10.6 Å². The Labute approximate surface area is 104 Å². The Bertz CT molecular complexity index is 337. The zero-order valence-corrected chi connectivity index (χ0v) is 10.5. The molecule has 1 aromatic carbocycles. The van der Waals surface area contributed by atoms with Crippen LogP contribution < -0.4 is 15.4 Å². The third kappa shape index (κ3) is 4.75. The van der Waals surface area contributed by atoms with Gasteiger partial charge in [0, 0.05) is 19.1 Å². The van der Waals surface area contributed by atoms with E-state index in [1.165, 1.54) is 18.4 Å². The Balaban J connectivity index is 1.56. The Morgan fingerprint density at radius 3 is 2.88 bits per heavy atom. The van der Waals surface area contributed by atoms with Crippen molar-refractivity contribution in [2.24, 2.45) is 0 Å². The van der Waals surface area contributed by atoms with Crippen LogP contribution in [-0.2, 0) is 6.42 Å². The molecule has 0 saturated heterocycles. The molecule has 1 aromatic rings. The number of benzene rings is 1. The van der Waals surface area contributed by atoms with Crippen LogP contribution in [0.15, 0.2) is 24.3 Å². The zero-order valence-electron chi connectivity index (χ0n) is 10.5.